The number of carbonyl (C=O) groups is 1. The van der Waals surface area contributed by atoms with Crippen molar-refractivity contribution in [1.82, 2.24) is 15.0 Å². The molecule has 3 N–H and O–H groups in total. The molecule has 0 aliphatic heterocycles. The van der Waals surface area contributed by atoms with Crippen molar-refractivity contribution in [2.75, 3.05) is 0 Å². The number of hydrogen-bond acceptors (Lipinski definition) is 3. The first-order valence-electron chi connectivity index (χ1n) is 5.98. The summed E-state index contributed by atoms with van der Waals surface area (Å²) in [6.07, 6.45) is 1.44. The second-order valence-electron chi connectivity index (χ2n) is 4.45. The van der Waals surface area contributed by atoms with E-state index in [4.69, 9.17) is 0 Å². The topological polar surface area (TPSA) is 98.8 Å². The molecule has 20 heavy (non-hydrogen) atoms. The van der Waals surface area contributed by atoms with Crippen molar-refractivity contribution in [2.45, 2.75) is 6.92 Å². The monoisotopic (exact) mass is 269 g/mol. The van der Waals surface area contributed by atoms with Crippen LogP contribution in [-0.4, -0.2) is 26.0 Å². The number of nitrogens with zero attached hydrogens (tertiary/aromatic N) is 1. The third-order valence-corrected chi connectivity index (χ3v) is 3.09. The van der Waals surface area contributed by atoms with Gasteiger partial charge in [0.25, 0.3) is 5.56 Å². The Hall–Kier alpha value is -2.89. The highest BCUT2D eigenvalue weighted by Gasteiger charge is 2.16. The summed E-state index contributed by atoms with van der Waals surface area (Å²) in [7, 11) is 0. The van der Waals surface area contributed by atoms with Gasteiger partial charge in [0, 0.05) is 11.8 Å². The summed E-state index contributed by atoms with van der Waals surface area (Å²) in [4.78, 5) is 32.7. The highest BCUT2D eigenvalue weighted by Crippen LogP contribution is 2.24. The van der Waals surface area contributed by atoms with Gasteiger partial charge < -0.3 is 15.1 Å². The van der Waals surface area contributed by atoms with Crippen LogP contribution >= 0.6 is 0 Å². The van der Waals surface area contributed by atoms with Gasteiger partial charge in [-0.25, -0.2) is 9.78 Å². The first-order valence-corrected chi connectivity index (χ1v) is 5.98. The summed E-state index contributed by atoms with van der Waals surface area (Å²) >= 11 is 0. The predicted molar refractivity (Wildman–Crippen MR) is 73.8 cm³/mol. The largest absolute Gasteiger partial charge is 0.477 e. The van der Waals surface area contributed by atoms with E-state index in [1.165, 1.54) is 6.20 Å². The number of fused-ring (bicyclic) bond motifs is 1. The Morgan fingerprint density at radius 1 is 1.30 bits per heavy atom. The zero-order valence-electron chi connectivity index (χ0n) is 10.6. The highest BCUT2D eigenvalue weighted by molar-refractivity contribution is 5.96. The summed E-state index contributed by atoms with van der Waals surface area (Å²) in [6, 6.07) is 6.91. The fraction of sp³-hybridized carbons (Fsp3) is 0.0714. The van der Waals surface area contributed by atoms with Crippen molar-refractivity contribution < 1.29 is 9.90 Å². The minimum atomic E-state index is -1.25. The molecule has 0 aliphatic carbocycles. The summed E-state index contributed by atoms with van der Waals surface area (Å²) in [5.41, 5.74) is 1.77. The number of carboxylic acid groups (broad SMARTS) is 1. The van der Waals surface area contributed by atoms with Crippen LogP contribution in [0.1, 0.15) is 16.2 Å². The Morgan fingerprint density at radius 3 is 2.85 bits per heavy atom. The Kier molecular flexibility index (Phi) is 2.64. The number of carboxylic acids is 1. The van der Waals surface area contributed by atoms with E-state index in [0.717, 1.165) is 16.9 Å². The first-order chi connectivity index (χ1) is 9.56. The van der Waals surface area contributed by atoms with Crippen molar-refractivity contribution in [3.63, 3.8) is 0 Å². The van der Waals surface area contributed by atoms with Crippen molar-refractivity contribution in [3.8, 4) is 11.1 Å². The lowest BCUT2D eigenvalue weighted by Crippen LogP contribution is -2.18. The van der Waals surface area contributed by atoms with Crippen molar-refractivity contribution in [3.05, 3.63) is 52.2 Å². The van der Waals surface area contributed by atoms with E-state index >= 15 is 0 Å². The number of imidazole rings is 1. The van der Waals surface area contributed by atoms with E-state index < -0.39 is 11.5 Å². The van der Waals surface area contributed by atoms with E-state index in [1.807, 2.05) is 6.92 Å². The minimum absolute atomic E-state index is 0.261. The molecule has 3 aromatic rings. The molecule has 0 unspecified atom stereocenters. The first kappa shape index (κ1) is 12.2. The number of aromatic amines is 2. The number of rotatable bonds is 2. The van der Waals surface area contributed by atoms with Crippen LogP contribution in [0.5, 0.6) is 0 Å². The van der Waals surface area contributed by atoms with E-state index in [-0.39, 0.29) is 5.56 Å². The minimum Gasteiger partial charge on any atom is -0.477 e. The number of aryl methyl sites for hydroxylation is 1. The SMILES string of the molecule is Cc1nc2ccc(-c3cc[nH]c(=O)c3C(=O)O)cc2[nH]1. The predicted octanol–water partition coefficient (Wildman–Crippen LogP) is 1.92. The zero-order valence-corrected chi connectivity index (χ0v) is 10.6. The van der Waals surface area contributed by atoms with E-state index in [9.17, 15) is 14.7 Å². The van der Waals surface area contributed by atoms with Crippen LogP contribution < -0.4 is 5.56 Å². The van der Waals surface area contributed by atoms with Gasteiger partial charge in [0.15, 0.2) is 0 Å². The normalized spacial score (nSPS) is 10.8. The maximum atomic E-state index is 11.7. The number of aromatic nitrogens is 3. The zero-order chi connectivity index (χ0) is 14.3. The molecular weight excluding hydrogens is 258 g/mol. The van der Waals surface area contributed by atoms with Gasteiger partial charge in [-0.1, -0.05) is 6.07 Å². The molecule has 3 rings (SSSR count). The third-order valence-electron chi connectivity index (χ3n) is 3.09. The van der Waals surface area contributed by atoms with Gasteiger partial charge in [0.1, 0.15) is 11.4 Å². The maximum Gasteiger partial charge on any atom is 0.341 e. The number of hydrogen-bond donors (Lipinski definition) is 3. The standard InChI is InChI=1S/C14H11N3O3/c1-7-16-10-3-2-8(6-11(10)17-7)9-4-5-15-13(18)12(9)14(19)20/h2-6H,1H3,(H,15,18)(H,16,17)(H,19,20). The molecule has 1 aromatic carbocycles. The molecule has 0 aliphatic rings. The quantitative estimate of drug-likeness (QED) is 0.661. The summed E-state index contributed by atoms with van der Waals surface area (Å²) < 4.78 is 0. The number of nitrogens with one attached hydrogen (secondary N) is 2. The van der Waals surface area contributed by atoms with Crippen molar-refractivity contribution in [2.24, 2.45) is 0 Å². The molecule has 0 saturated carbocycles. The number of aromatic carboxylic acids is 1. The Morgan fingerprint density at radius 2 is 2.10 bits per heavy atom. The van der Waals surface area contributed by atoms with Crippen LogP contribution in [-0.2, 0) is 0 Å². The van der Waals surface area contributed by atoms with Gasteiger partial charge >= 0.3 is 5.97 Å². The van der Waals surface area contributed by atoms with Gasteiger partial charge in [-0.05, 0) is 30.7 Å². The van der Waals surface area contributed by atoms with Gasteiger partial charge in [-0.2, -0.15) is 0 Å². The summed E-state index contributed by atoms with van der Waals surface area (Å²) in [5, 5.41) is 9.19. The fourth-order valence-corrected chi connectivity index (χ4v) is 2.24. The van der Waals surface area contributed by atoms with Gasteiger partial charge in [-0.3, -0.25) is 4.79 Å². The molecule has 0 amide bonds. The molecule has 0 bridgehead atoms. The Balaban J connectivity index is 2.27. The third kappa shape index (κ3) is 1.87. The molecule has 6 heteroatoms. The average Bonchev–Trinajstić information content (AvgIpc) is 2.76. The van der Waals surface area contributed by atoms with E-state index in [2.05, 4.69) is 15.0 Å². The lowest BCUT2D eigenvalue weighted by Gasteiger charge is -2.05. The van der Waals surface area contributed by atoms with Gasteiger partial charge in [-0.15, -0.1) is 0 Å². The molecule has 100 valence electrons. The van der Waals surface area contributed by atoms with E-state index in [1.54, 1.807) is 24.3 Å². The van der Waals surface area contributed by atoms with E-state index in [0.29, 0.717) is 11.1 Å². The Labute approximate surface area is 113 Å². The molecule has 2 aromatic heterocycles. The number of H-pyrrole nitrogens is 2. The second-order valence-corrected chi connectivity index (χ2v) is 4.45. The molecular formula is C14H11N3O3. The molecule has 0 atom stereocenters. The second kappa shape index (κ2) is 4.34. The molecule has 0 radical (unpaired) electrons. The van der Waals surface area contributed by atoms with Crippen LogP contribution in [0, 0.1) is 6.92 Å². The van der Waals surface area contributed by atoms with Crippen LogP contribution in [0.3, 0.4) is 0 Å². The average molecular weight is 269 g/mol. The molecule has 0 fully saturated rings. The highest BCUT2D eigenvalue weighted by atomic mass is 16.4. The lowest BCUT2D eigenvalue weighted by molar-refractivity contribution is 0.0696. The smallest absolute Gasteiger partial charge is 0.341 e. The van der Waals surface area contributed by atoms with Crippen LogP contribution in [0.25, 0.3) is 22.2 Å². The molecule has 0 saturated heterocycles. The maximum absolute atomic E-state index is 11.7. The number of pyridine rings is 1. The van der Waals surface area contributed by atoms with Gasteiger partial charge in [0.05, 0.1) is 11.0 Å². The van der Waals surface area contributed by atoms with Crippen molar-refractivity contribution >= 4 is 17.0 Å². The Bertz CT molecular complexity index is 877. The molecule has 2 heterocycles. The summed E-state index contributed by atoms with van der Waals surface area (Å²) in [6.45, 7) is 1.84. The lowest BCUT2D eigenvalue weighted by atomic mass is 10.0. The van der Waals surface area contributed by atoms with Crippen molar-refractivity contribution in [1.29, 1.82) is 0 Å². The van der Waals surface area contributed by atoms with Crippen LogP contribution in [0.15, 0.2) is 35.3 Å². The van der Waals surface area contributed by atoms with Crippen LogP contribution in [0.2, 0.25) is 0 Å². The molecule has 6 nitrogen and oxygen atoms in total. The number of benzene rings is 1. The van der Waals surface area contributed by atoms with Crippen LogP contribution in [0.4, 0.5) is 0 Å². The fourth-order valence-electron chi connectivity index (χ4n) is 2.24. The van der Waals surface area contributed by atoms with Gasteiger partial charge in [0.2, 0.25) is 0 Å². The summed E-state index contributed by atoms with van der Waals surface area (Å²) in [5.74, 6) is -0.468. The molecule has 0 spiro atoms.